The number of nitrogens with one attached hydrogen (secondary N) is 1. The predicted molar refractivity (Wildman–Crippen MR) is 66.2 cm³/mol. The van der Waals surface area contributed by atoms with Crippen molar-refractivity contribution in [2.45, 2.75) is 25.8 Å². The summed E-state index contributed by atoms with van der Waals surface area (Å²) in [7, 11) is 0. The average molecular weight is 241 g/mol. The molecule has 0 unspecified atom stereocenters. The summed E-state index contributed by atoms with van der Waals surface area (Å²) in [6.45, 7) is 1.17. The Morgan fingerprint density at radius 3 is 2.88 bits per heavy atom. The van der Waals surface area contributed by atoms with E-state index >= 15 is 0 Å². The molecule has 0 spiro atoms. The first-order valence-electron chi connectivity index (χ1n) is 5.43. The van der Waals surface area contributed by atoms with Crippen LogP contribution in [0.4, 0.5) is 0 Å². The molecule has 4 heteroatoms. The SMILES string of the molecule is NCCCCC(=O)NCc1cccc(Cl)c1. The van der Waals surface area contributed by atoms with Crippen LogP contribution in [0, 0.1) is 0 Å². The Bertz CT molecular complexity index is 342. The third kappa shape index (κ3) is 5.14. The highest BCUT2D eigenvalue weighted by molar-refractivity contribution is 6.30. The molecule has 1 aromatic rings. The highest BCUT2D eigenvalue weighted by Gasteiger charge is 2.00. The predicted octanol–water partition coefficient (Wildman–Crippen LogP) is 2.09. The van der Waals surface area contributed by atoms with E-state index in [-0.39, 0.29) is 5.91 Å². The quantitative estimate of drug-likeness (QED) is 0.748. The van der Waals surface area contributed by atoms with Crippen LogP contribution in [0.2, 0.25) is 5.02 Å². The number of hydrogen-bond donors (Lipinski definition) is 2. The Morgan fingerprint density at radius 1 is 1.38 bits per heavy atom. The van der Waals surface area contributed by atoms with Crippen LogP contribution in [0.3, 0.4) is 0 Å². The molecule has 0 saturated heterocycles. The second-order valence-electron chi connectivity index (χ2n) is 3.65. The second-order valence-corrected chi connectivity index (χ2v) is 4.09. The Balaban J connectivity index is 2.26. The van der Waals surface area contributed by atoms with Crippen LogP contribution >= 0.6 is 11.6 Å². The van der Waals surface area contributed by atoms with Crippen molar-refractivity contribution in [2.24, 2.45) is 5.73 Å². The summed E-state index contributed by atoms with van der Waals surface area (Å²) in [5, 5.41) is 3.54. The van der Waals surface area contributed by atoms with Crippen molar-refractivity contribution >= 4 is 17.5 Å². The van der Waals surface area contributed by atoms with E-state index in [9.17, 15) is 4.79 Å². The Morgan fingerprint density at radius 2 is 2.19 bits per heavy atom. The number of nitrogens with two attached hydrogens (primary N) is 1. The van der Waals surface area contributed by atoms with Crippen molar-refractivity contribution in [1.29, 1.82) is 0 Å². The molecule has 1 rings (SSSR count). The van der Waals surface area contributed by atoms with Crippen LogP contribution in [-0.4, -0.2) is 12.5 Å². The topological polar surface area (TPSA) is 55.1 Å². The maximum Gasteiger partial charge on any atom is 0.220 e. The van der Waals surface area contributed by atoms with Gasteiger partial charge in [-0.05, 0) is 37.1 Å². The van der Waals surface area contributed by atoms with Crippen LogP contribution in [0.25, 0.3) is 0 Å². The number of unbranched alkanes of at least 4 members (excludes halogenated alkanes) is 1. The minimum atomic E-state index is 0.0634. The molecule has 3 nitrogen and oxygen atoms in total. The van der Waals surface area contributed by atoms with Gasteiger partial charge in [-0.2, -0.15) is 0 Å². The molecule has 1 amide bonds. The summed E-state index contributed by atoms with van der Waals surface area (Å²) in [5.41, 5.74) is 6.36. The first-order chi connectivity index (χ1) is 7.72. The molecular weight excluding hydrogens is 224 g/mol. The Kier molecular flexibility index (Phi) is 5.90. The summed E-state index contributed by atoms with van der Waals surface area (Å²) in [6, 6.07) is 7.47. The molecule has 0 aliphatic carbocycles. The monoisotopic (exact) mass is 240 g/mol. The standard InChI is InChI=1S/C12H17ClN2O/c13-11-5-3-4-10(8-11)9-15-12(16)6-1-2-7-14/h3-5,8H,1-2,6-7,9,14H2,(H,15,16). The van der Waals surface area contributed by atoms with Gasteiger partial charge in [-0.25, -0.2) is 0 Å². The van der Waals surface area contributed by atoms with Gasteiger partial charge in [-0.1, -0.05) is 23.7 Å². The third-order valence-electron chi connectivity index (χ3n) is 2.24. The molecule has 0 heterocycles. The fraction of sp³-hybridized carbons (Fsp3) is 0.417. The Labute approximate surface area is 101 Å². The lowest BCUT2D eigenvalue weighted by molar-refractivity contribution is -0.121. The van der Waals surface area contributed by atoms with E-state index in [2.05, 4.69) is 5.32 Å². The van der Waals surface area contributed by atoms with Crippen LogP contribution < -0.4 is 11.1 Å². The number of carbonyl (C=O) groups excluding carboxylic acids is 1. The largest absolute Gasteiger partial charge is 0.352 e. The minimum absolute atomic E-state index is 0.0634. The van der Waals surface area contributed by atoms with Crippen LogP contribution in [0.5, 0.6) is 0 Å². The van der Waals surface area contributed by atoms with Gasteiger partial charge in [0, 0.05) is 18.0 Å². The van der Waals surface area contributed by atoms with Crippen molar-refractivity contribution in [3.63, 3.8) is 0 Å². The molecule has 0 saturated carbocycles. The van der Waals surface area contributed by atoms with Gasteiger partial charge in [0.15, 0.2) is 0 Å². The lowest BCUT2D eigenvalue weighted by atomic mass is 10.2. The van der Waals surface area contributed by atoms with Gasteiger partial charge in [0.2, 0.25) is 5.91 Å². The number of rotatable bonds is 6. The highest BCUT2D eigenvalue weighted by atomic mass is 35.5. The van der Waals surface area contributed by atoms with Gasteiger partial charge >= 0.3 is 0 Å². The minimum Gasteiger partial charge on any atom is -0.352 e. The summed E-state index contributed by atoms with van der Waals surface area (Å²) < 4.78 is 0. The number of benzene rings is 1. The van der Waals surface area contributed by atoms with Crippen molar-refractivity contribution in [3.05, 3.63) is 34.9 Å². The zero-order valence-electron chi connectivity index (χ0n) is 9.21. The van der Waals surface area contributed by atoms with Crippen LogP contribution in [-0.2, 0) is 11.3 Å². The molecule has 0 aliphatic rings. The lowest BCUT2D eigenvalue weighted by Crippen LogP contribution is -2.22. The molecule has 88 valence electrons. The average Bonchev–Trinajstić information content (AvgIpc) is 2.27. The van der Waals surface area contributed by atoms with Crippen molar-refractivity contribution in [1.82, 2.24) is 5.32 Å². The molecule has 0 radical (unpaired) electrons. The first-order valence-corrected chi connectivity index (χ1v) is 5.81. The third-order valence-corrected chi connectivity index (χ3v) is 2.47. The zero-order chi connectivity index (χ0) is 11.8. The molecule has 1 aromatic carbocycles. The van der Waals surface area contributed by atoms with Crippen LogP contribution in [0.15, 0.2) is 24.3 Å². The fourth-order valence-electron chi connectivity index (χ4n) is 1.37. The van der Waals surface area contributed by atoms with E-state index in [0.29, 0.717) is 24.5 Å². The van der Waals surface area contributed by atoms with Crippen molar-refractivity contribution < 1.29 is 4.79 Å². The van der Waals surface area contributed by atoms with E-state index in [4.69, 9.17) is 17.3 Å². The molecule has 0 bridgehead atoms. The smallest absolute Gasteiger partial charge is 0.220 e. The molecule has 0 atom stereocenters. The summed E-state index contributed by atoms with van der Waals surface area (Å²) >= 11 is 5.84. The van der Waals surface area contributed by atoms with Gasteiger partial charge in [0.05, 0.1) is 0 Å². The van der Waals surface area contributed by atoms with Crippen LogP contribution in [0.1, 0.15) is 24.8 Å². The van der Waals surface area contributed by atoms with E-state index < -0.39 is 0 Å². The van der Waals surface area contributed by atoms with Gasteiger partial charge in [-0.3, -0.25) is 4.79 Å². The van der Waals surface area contributed by atoms with Gasteiger partial charge < -0.3 is 11.1 Å². The maximum absolute atomic E-state index is 11.4. The summed E-state index contributed by atoms with van der Waals surface area (Å²) in [6.07, 6.45) is 2.28. The van der Waals surface area contributed by atoms with E-state index in [1.54, 1.807) is 0 Å². The lowest BCUT2D eigenvalue weighted by Gasteiger charge is -2.05. The number of halogens is 1. The molecule has 0 aliphatic heterocycles. The highest BCUT2D eigenvalue weighted by Crippen LogP contribution is 2.10. The summed E-state index contributed by atoms with van der Waals surface area (Å²) in [5.74, 6) is 0.0634. The van der Waals surface area contributed by atoms with Gasteiger partial charge in [0.1, 0.15) is 0 Å². The fourth-order valence-corrected chi connectivity index (χ4v) is 1.58. The molecule has 16 heavy (non-hydrogen) atoms. The second kappa shape index (κ2) is 7.25. The maximum atomic E-state index is 11.4. The van der Waals surface area contributed by atoms with E-state index in [1.165, 1.54) is 0 Å². The van der Waals surface area contributed by atoms with Crippen molar-refractivity contribution in [3.8, 4) is 0 Å². The zero-order valence-corrected chi connectivity index (χ0v) is 9.96. The van der Waals surface area contributed by atoms with Gasteiger partial charge in [-0.15, -0.1) is 0 Å². The number of hydrogen-bond acceptors (Lipinski definition) is 2. The summed E-state index contributed by atoms with van der Waals surface area (Å²) in [4.78, 5) is 11.4. The first kappa shape index (κ1) is 13.0. The van der Waals surface area contributed by atoms with E-state index in [1.807, 2.05) is 24.3 Å². The normalized spacial score (nSPS) is 10.1. The Hall–Kier alpha value is -1.06. The molecule has 0 aromatic heterocycles. The number of amides is 1. The van der Waals surface area contributed by atoms with Crippen molar-refractivity contribution in [2.75, 3.05) is 6.54 Å². The number of carbonyl (C=O) groups is 1. The molecule has 3 N–H and O–H groups in total. The molecule has 0 fully saturated rings. The van der Waals surface area contributed by atoms with Gasteiger partial charge in [0.25, 0.3) is 0 Å². The molecular formula is C12H17ClN2O. The van der Waals surface area contributed by atoms with E-state index in [0.717, 1.165) is 18.4 Å².